The normalized spacial score (nSPS) is 11.0. The molecule has 0 aliphatic rings. The van der Waals surface area contributed by atoms with E-state index in [0.717, 1.165) is 31.2 Å². The van der Waals surface area contributed by atoms with Crippen molar-refractivity contribution in [1.29, 1.82) is 0 Å². The first-order valence-electron chi connectivity index (χ1n) is 7.95. The van der Waals surface area contributed by atoms with Crippen LogP contribution in [0.5, 0.6) is 17.2 Å². The van der Waals surface area contributed by atoms with Crippen molar-refractivity contribution < 1.29 is 52.4 Å². The molecule has 0 saturated carbocycles. The van der Waals surface area contributed by atoms with Crippen molar-refractivity contribution in [2.75, 3.05) is 0 Å². The molecule has 0 atom stereocenters. The molecule has 7 heteroatoms. The molecular weight excluding hydrogens is 351 g/mol. The maximum Gasteiger partial charge on any atom is 1.00 e. The standard InChI is InChI=1S/C18H22O5S.Na/c1-2-3-4-5-6-14-11-15(19)13-17(12-14)23-16-7-9-18(10-8-16)24(20,21)22;/h7-13,19H,2-6H2,1H3,(H,20,21,22);/q;+1/p-1. The second-order valence-corrected chi connectivity index (χ2v) is 7.09. The molecule has 0 fully saturated rings. The first kappa shape index (κ1) is 22.0. The van der Waals surface area contributed by atoms with Crippen molar-refractivity contribution in [3.63, 3.8) is 0 Å². The van der Waals surface area contributed by atoms with Gasteiger partial charge in [-0.15, -0.1) is 5.75 Å². The molecule has 1 N–H and O–H groups in total. The van der Waals surface area contributed by atoms with Crippen LogP contribution in [0, 0.1) is 0 Å². The van der Waals surface area contributed by atoms with Gasteiger partial charge in [-0.25, -0.2) is 0 Å². The van der Waals surface area contributed by atoms with Gasteiger partial charge in [-0.1, -0.05) is 32.3 Å². The van der Waals surface area contributed by atoms with E-state index in [2.05, 4.69) is 6.92 Å². The van der Waals surface area contributed by atoms with Gasteiger partial charge in [-0.05, 0) is 54.8 Å². The number of hydrogen-bond acceptors (Lipinski definition) is 4. The number of aryl methyl sites for hydroxylation is 1. The van der Waals surface area contributed by atoms with Gasteiger partial charge in [0.25, 0.3) is 10.1 Å². The van der Waals surface area contributed by atoms with E-state index in [1.807, 2.05) is 6.07 Å². The average Bonchev–Trinajstić information content (AvgIpc) is 2.51. The van der Waals surface area contributed by atoms with Gasteiger partial charge in [0.1, 0.15) is 11.5 Å². The Morgan fingerprint density at radius 3 is 2.28 bits per heavy atom. The number of benzene rings is 2. The second-order valence-electron chi connectivity index (χ2n) is 5.67. The van der Waals surface area contributed by atoms with Gasteiger partial charge in [-0.2, -0.15) is 8.42 Å². The summed E-state index contributed by atoms with van der Waals surface area (Å²) in [6, 6.07) is 10.2. The summed E-state index contributed by atoms with van der Waals surface area (Å²) in [4.78, 5) is -0.205. The van der Waals surface area contributed by atoms with Crippen molar-refractivity contribution in [2.45, 2.75) is 43.9 Å². The van der Waals surface area contributed by atoms with Gasteiger partial charge >= 0.3 is 29.6 Å². The van der Waals surface area contributed by atoms with E-state index in [9.17, 15) is 13.5 Å². The van der Waals surface area contributed by atoms with Crippen LogP contribution in [0.15, 0.2) is 47.4 Å². The SMILES string of the molecule is CCCCCCc1cc([O-])cc(Oc2ccc(S(=O)(=O)O)cc2)c1.[Na+]. The van der Waals surface area contributed by atoms with E-state index < -0.39 is 10.1 Å². The Hall–Kier alpha value is -1.05. The molecule has 0 radical (unpaired) electrons. The Labute approximate surface area is 171 Å². The fraction of sp³-hybridized carbons (Fsp3) is 0.333. The van der Waals surface area contributed by atoms with Crippen LogP contribution >= 0.6 is 0 Å². The first-order chi connectivity index (χ1) is 11.4. The van der Waals surface area contributed by atoms with Crippen molar-refractivity contribution in [3.8, 4) is 17.2 Å². The fourth-order valence-electron chi connectivity index (χ4n) is 2.41. The predicted octanol–water partition coefficient (Wildman–Crippen LogP) is 0.926. The Morgan fingerprint density at radius 1 is 1.00 bits per heavy atom. The number of unbranched alkanes of at least 4 members (excludes halogenated alkanes) is 3. The zero-order valence-corrected chi connectivity index (χ0v) is 17.4. The maximum atomic E-state index is 11.8. The molecule has 0 amide bonds. The summed E-state index contributed by atoms with van der Waals surface area (Å²) in [5.41, 5.74) is 0.933. The van der Waals surface area contributed by atoms with E-state index in [0.29, 0.717) is 11.5 Å². The van der Waals surface area contributed by atoms with Crippen LogP contribution in [0.4, 0.5) is 0 Å². The summed E-state index contributed by atoms with van der Waals surface area (Å²) in [5, 5.41) is 11.8. The van der Waals surface area contributed by atoms with Gasteiger partial charge in [0.15, 0.2) is 0 Å². The number of ether oxygens (including phenoxy) is 1. The van der Waals surface area contributed by atoms with Gasteiger partial charge < -0.3 is 9.84 Å². The summed E-state index contributed by atoms with van der Waals surface area (Å²) in [6.07, 6.45) is 5.33. The van der Waals surface area contributed by atoms with E-state index in [4.69, 9.17) is 9.29 Å². The molecule has 5 nitrogen and oxygen atoms in total. The summed E-state index contributed by atoms with van der Waals surface area (Å²) >= 11 is 0. The van der Waals surface area contributed by atoms with Crippen LogP contribution in [0.3, 0.4) is 0 Å². The summed E-state index contributed by atoms with van der Waals surface area (Å²) in [5.74, 6) is 0.699. The van der Waals surface area contributed by atoms with E-state index >= 15 is 0 Å². The number of hydrogen-bond donors (Lipinski definition) is 1. The quantitative estimate of drug-likeness (QED) is 0.423. The minimum atomic E-state index is -4.23. The van der Waals surface area contributed by atoms with Crippen molar-refractivity contribution in [2.24, 2.45) is 0 Å². The van der Waals surface area contributed by atoms with Gasteiger partial charge in [0.2, 0.25) is 0 Å². The maximum absolute atomic E-state index is 11.8. The molecular formula is C18H21NaO5S. The monoisotopic (exact) mass is 372 g/mol. The van der Waals surface area contributed by atoms with E-state index in [1.54, 1.807) is 6.07 Å². The average molecular weight is 372 g/mol. The van der Waals surface area contributed by atoms with E-state index in [1.165, 1.54) is 36.8 Å². The molecule has 0 aromatic heterocycles. The molecule has 0 aliphatic carbocycles. The third kappa shape index (κ3) is 7.38. The van der Waals surface area contributed by atoms with Crippen LogP contribution in [0.1, 0.15) is 38.2 Å². The zero-order valence-electron chi connectivity index (χ0n) is 14.6. The fourth-order valence-corrected chi connectivity index (χ4v) is 2.89. The van der Waals surface area contributed by atoms with Crippen LogP contribution in [0.25, 0.3) is 0 Å². The second kappa shape index (κ2) is 10.2. The zero-order chi connectivity index (χ0) is 17.6. The smallest absolute Gasteiger partial charge is 0.872 e. The molecule has 2 rings (SSSR count). The summed E-state index contributed by atoms with van der Waals surface area (Å²) < 4.78 is 36.6. The van der Waals surface area contributed by atoms with Crippen LogP contribution < -0.4 is 39.4 Å². The summed E-state index contributed by atoms with van der Waals surface area (Å²) in [6.45, 7) is 2.15. The first-order valence-corrected chi connectivity index (χ1v) is 9.39. The minimum absolute atomic E-state index is 0. The molecule has 2 aromatic rings. The topological polar surface area (TPSA) is 86.7 Å². The molecule has 0 spiro atoms. The third-order valence-corrected chi connectivity index (χ3v) is 4.48. The van der Waals surface area contributed by atoms with Crippen molar-refractivity contribution in [3.05, 3.63) is 48.0 Å². The van der Waals surface area contributed by atoms with Gasteiger partial charge in [0.05, 0.1) is 4.90 Å². The Balaban J connectivity index is 0.00000312. The van der Waals surface area contributed by atoms with Crippen molar-refractivity contribution in [1.82, 2.24) is 0 Å². The van der Waals surface area contributed by atoms with Gasteiger partial charge in [0, 0.05) is 0 Å². The Bertz CT molecular complexity index is 773. The van der Waals surface area contributed by atoms with Crippen molar-refractivity contribution >= 4 is 10.1 Å². The molecule has 2 aromatic carbocycles. The molecule has 0 aliphatic heterocycles. The molecule has 0 bridgehead atoms. The Morgan fingerprint density at radius 2 is 1.68 bits per heavy atom. The summed E-state index contributed by atoms with van der Waals surface area (Å²) in [7, 11) is -4.23. The minimum Gasteiger partial charge on any atom is -0.872 e. The Kier molecular flexibility index (Phi) is 8.96. The molecule has 0 unspecified atom stereocenters. The van der Waals surface area contributed by atoms with Crippen LogP contribution in [-0.2, 0) is 16.5 Å². The molecule has 0 saturated heterocycles. The number of rotatable bonds is 8. The largest absolute Gasteiger partial charge is 1.00 e. The molecule has 0 heterocycles. The molecule has 130 valence electrons. The van der Waals surface area contributed by atoms with E-state index in [-0.39, 0.29) is 40.2 Å². The molecule has 25 heavy (non-hydrogen) atoms. The predicted molar refractivity (Wildman–Crippen MR) is 90.1 cm³/mol. The van der Waals surface area contributed by atoms with Crippen LogP contribution in [-0.4, -0.2) is 13.0 Å². The van der Waals surface area contributed by atoms with Gasteiger partial charge in [-0.3, -0.25) is 4.55 Å². The van der Waals surface area contributed by atoms with Crippen LogP contribution in [0.2, 0.25) is 0 Å². The third-order valence-electron chi connectivity index (χ3n) is 3.62.